The second-order valence-electron chi connectivity index (χ2n) is 14.0. The molecule has 1 N–H and O–H groups in total. The summed E-state index contributed by atoms with van der Waals surface area (Å²) in [5.74, 6) is 2.96. The SMILES string of the molecule is CC(=O)O[C@@H]1CC[C@]2(C)[C@H]3CC[C@]4(C)[C@@H]([C@H](C)CCCC(C)C)CC[C@H]4[C@@H]3C/C(=N\O)[C@@]2(OC(C)=O)C1. The predicted molar refractivity (Wildman–Crippen MR) is 144 cm³/mol. The maximum Gasteiger partial charge on any atom is 0.303 e. The van der Waals surface area contributed by atoms with Gasteiger partial charge in [0, 0.05) is 25.7 Å². The third-order valence-corrected chi connectivity index (χ3v) is 11.5. The van der Waals surface area contributed by atoms with Gasteiger partial charge in [-0.1, -0.05) is 59.0 Å². The summed E-state index contributed by atoms with van der Waals surface area (Å²) < 4.78 is 11.8. The molecule has 0 saturated heterocycles. The van der Waals surface area contributed by atoms with Crippen molar-refractivity contribution in [1.82, 2.24) is 0 Å². The van der Waals surface area contributed by atoms with Crippen molar-refractivity contribution in [3.8, 4) is 0 Å². The molecule has 0 spiro atoms. The maximum atomic E-state index is 12.5. The van der Waals surface area contributed by atoms with Gasteiger partial charge in [-0.15, -0.1) is 0 Å². The van der Waals surface area contributed by atoms with Crippen molar-refractivity contribution >= 4 is 17.7 Å². The second-order valence-corrected chi connectivity index (χ2v) is 14.0. The minimum Gasteiger partial charge on any atom is -0.462 e. The summed E-state index contributed by atoms with van der Waals surface area (Å²) in [6.45, 7) is 14.8. The molecule has 210 valence electrons. The van der Waals surface area contributed by atoms with Gasteiger partial charge in [0.25, 0.3) is 0 Å². The molecule has 6 nitrogen and oxygen atoms in total. The summed E-state index contributed by atoms with van der Waals surface area (Å²) in [4.78, 5) is 24.3. The zero-order valence-electron chi connectivity index (χ0n) is 24.3. The van der Waals surface area contributed by atoms with Crippen molar-refractivity contribution in [2.75, 3.05) is 0 Å². The van der Waals surface area contributed by atoms with Crippen LogP contribution < -0.4 is 0 Å². The summed E-state index contributed by atoms with van der Waals surface area (Å²) in [6, 6.07) is 0. The molecule has 6 heteroatoms. The normalized spacial score (nSPS) is 43.0. The Labute approximate surface area is 224 Å². The number of esters is 2. The molecule has 0 aromatic rings. The smallest absolute Gasteiger partial charge is 0.303 e. The van der Waals surface area contributed by atoms with Crippen LogP contribution in [0.3, 0.4) is 0 Å². The van der Waals surface area contributed by atoms with Gasteiger partial charge in [0.2, 0.25) is 0 Å². The average molecular weight is 518 g/mol. The van der Waals surface area contributed by atoms with Crippen molar-refractivity contribution in [3.63, 3.8) is 0 Å². The van der Waals surface area contributed by atoms with Gasteiger partial charge in [-0.3, -0.25) is 9.59 Å². The number of carbonyl (C=O) groups is 2. The maximum absolute atomic E-state index is 12.5. The van der Waals surface area contributed by atoms with Crippen LogP contribution in [0.4, 0.5) is 0 Å². The van der Waals surface area contributed by atoms with E-state index in [0.29, 0.717) is 41.7 Å². The highest BCUT2D eigenvalue weighted by atomic mass is 16.6. The number of fused-ring (bicyclic) bond motifs is 5. The molecule has 4 aliphatic carbocycles. The molecular formula is C31H51NO5. The lowest BCUT2D eigenvalue weighted by Crippen LogP contribution is -2.68. The van der Waals surface area contributed by atoms with Crippen LogP contribution in [0.25, 0.3) is 0 Å². The van der Waals surface area contributed by atoms with E-state index in [4.69, 9.17) is 9.47 Å². The molecule has 0 aliphatic heterocycles. The quantitative estimate of drug-likeness (QED) is 0.220. The van der Waals surface area contributed by atoms with Crippen LogP contribution in [-0.2, 0) is 19.1 Å². The highest BCUT2D eigenvalue weighted by Gasteiger charge is 2.69. The van der Waals surface area contributed by atoms with Crippen LogP contribution in [0, 0.1) is 46.3 Å². The highest BCUT2D eigenvalue weighted by molar-refractivity contribution is 5.96. The highest BCUT2D eigenvalue weighted by Crippen LogP contribution is 2.69. The van der Waals surface area contributed by atoms with Gasteiger partial charge >= 0.3 is 11.9 Å². The Kier molecular flexibility index (Phi) is 8.08. The molecule has 0 bridgehead atoms. The predicted octanol–water partition coefficient (Wildman–Crippen LogP) is 7.17. The molecule has 9 atom stereocenters. The largest absolute Gasteiger partial charge is 0.462 e. The minimum absolute atomic E-state index is 0.311. The lowest BCUT2D eigenvalue weighted by molar-refractivity contribution is -0.204. The van der Waals surface area contributed by atoms with Crippen LogP contribution in [0.1, 0.15) is 119 Å². The monoisotopic (exact) mass is 517 g/mol. The van der Waals surface area contributed by atoms with Gasteiger partial charge in [-0.2, -0.15) is 0 Å². The summed E-state index contributed by atoms with van der Waals surface area (Å²) >= 11 is 0. The zero-order valence-corrected chi connectivity index (χ0v) is 24.3. The fourth-order valence-corrected chi connectivity index (χ4v) is 9.95. The molecule has 4 fully saturated rings. The first kappa shape index (κ1) is 28.4. The average Bonchev–Trinajstić information content (AvgIpc) is 3.15. The molecule has 0 radical (unpaired) electrons. The van der Waals surface area contributed by atoms with E-state index in [0.717, 1.165) is 37.0 Å². The molecule has 0 aromatic carbocycles. The Morgan fingerprint density at radius 2 is 1.73 bits per heavy atom. The van der Waals surface area contributed by atoms with Crippen molar-refractivity contribution in [3.05, 3.63) is 0 Å². The minimum atomic E-state index is -1.02. The molecule has 0 unspecified atom stereocenters. The number of hydrogen-bond acceptors (Lipinski definition) is 6. The van der Waals surface area contributed by atoms with Gasteiger partial charge < -0.3 is 14.7 Å². The summed E-state index contributed by atoms with van der Waals surface area (Å²) in [5.41, 5.74) is -0.474. The van der Waals surface area contributed by atoms with Crippen LogP contribution in [-0.4, -0.2) is 34.6 Å². The fraction of sp³-hybridized carbons (Fsp3) is 0.903. The first-order chi connectivity index (χ1) is 17.4. The molecule has 0 amide bonds. The number of carbonyl (C=O) groups excluding carboxylic acids is 2. The second kappa shape index (κ2) is 10.5. The van der Waals surface area contributed by atoms with Crippen molar-refractivity contribution < 1.29 is 24.3 Å². The van der Waals surface area contributed by atoms with Crippen molar-refractivity contribution in [2.24, 2.45) is 51.5 Å². The lowest BCUT2D eigenvalue weighted by Gasteiger charge is -2.64. The summed E-state index contributed by atoms with van der Waals surface area (Å²) in [6.07, 6.45) is 11.0. The van der Waals surface area contributed by atoms with E-state index in [1.54, 1.807) is 0 Å². The van der Waals surface area contributed by atoms with E-state index in [2.05, 4.69) is 39.8 Å². The van der Waals surface area contributed by atoms with Gasteiger partial charge in [0.1, 0.15) is 11.8 Å². The van der Waals surface area contributed by atoms with E-state index in [1.165, 1.54) is 52.4 Å². The van der Waals surface area contributed by atoms with Crippen molar-refractivity contribution in [1.29, 1.82) is 0 Å². The number of oxime groups is 1. The summed E-state index contributed by atoms with van der Waals surface area (Å²) in [7, 11) is 0. The van der Waals surface area contributed by atoms with Crippen LogP contribution in [0.5, 0.6) is 0 Å². The summed E-state index contributed by atoms with van der Waals surface area (Å²) in [5, 5.41) is 14.2. The standard InChI is InChI=1S/C31H51NO5/c1-19(2)9-8-10-20(3)25-11-12-26-24-17-28(32-35)31(37-22(5)34)18-23(36-21(4)33)13-16-30(31,7)27(24)14-15-29(25,26)6/h19-20,23-27,35H,8-18H2,1-7H3/b32-28+/t20-,23-,24+,25-,26+,27+,29-,30-,31+/m1/s1. The van der Waals surface area contributed by atoms with Gasteiger partial charge in [0.05, 0.1) is 0 Å². The Morgan fingerprint density at radius 1 is 1.00 bits per heavy atom. The molecule has 4 aliphatic rings. The molecular weight excluding hydrogens is 466 g/mol. The third-order valence-electron chi connectivity index (χ3n) is 11.5. The first-order valence-corrected chi connectivity index (χ1v) is 15.0. The zero-order chi connectivity index (χ0) is 27.2. The van der Waals surface area contributed by atoms with Gasteiger partial charge in [-0.05, 0) is 85.9 Å². The van der Waals surface area contributed by atoms with E-state index in [1.807, 2.05) is 0 Å². The fourth-order valence-electron chi connectivity index (χ4n) is 9.95. The molecule has 4 rings (SSSR count). The topological polar surface area (TPSA) is 85.2 Å². The Hall–Kier alpha value is -1.59. The van der Waals surface area contributed by atoms with Crippen LogP contribution in [0.2, 0.25) is 0 Å². The van der Waals surface area contributed by atoms with Gasteiger partial charge in [0.15, 0.2) is 5.60 Å². The Morgan fingerprint density at radius 3 is 2.35 bits per heavy atom. The first-order valence-electron chi connectivity index (χ1n) is 15.0. The van der Waals surface area contributed by atoms with Gasteiger partial charge in [-0.25, -0.2) is 0 Å². The van der Waals surface area contributed by atoms with Crippen LogP contribution in [0.15, 0.2) is 5.16 Å². The molecule has 4 saturated carbocycles. The lowest BCUT2D eigenvalue weighted by atomic mass is 9.42. The Balaban J connectivity index is 1.63. The van der Waals surface area contributed by atoms with E-state index in [-0.39, 0.29) is 23.5 Å². The molecule has 0 aromatic heterocycles. The van der Waals surface area contributed by atoms with Crippen molar-refractivity contribution in [2.45, 2.75) is 131 Å². The number of ether oxygens (including phenoxy) is 2. The Bertz CT molecular complexity index is 900. The van der Waals surface area contributed by atoms with E-state index in [9.17, 15) is 14.8 Å². The van der Waals surface area contributed by atoms with E-state index < -0.39 is 5.60 Å². The molecule has 0 heterocycles. The number of hydrogen-bond donors (Lipinski definition) is 1. The van der Waals surface area contributed by atoms with E-state index >= 15 is 0 Å². The molecule has 37 heavy (non-hydrogen) atoms. The van der Waals surface area contributed by atoms with Crippen LogP contribution >= 0.6 is 0 Å². The third kappa shape index (κ3) is 4.84. The number of rotatable bonds is 7. The number of nitrogens with zero attached hydrogens (tertiary/aromatic N) is 1.